The summed E-state index contributed by atoms with van der Waals surface area (Å²) in [6.45, 7) is 1.98. The predicted molar refractivity (Wildman–Crippen MR) is 107 cm³/mol. The van der Waals surface area contributed by atoms with Crippen molar-refractivity contribution in [1.82, 2.24) is 0 Å². The van der Waals surface area contributed by atoms with Gasteiger partial charge in [-0.25, -0.2) is 0 Å². The molecule has 4 rings (SSSR count). The molecule has 27 heavy (non-hydrogen) atoms. The Kier molecular flexibility index (Phi) is 4.30. The van der Waals surface area contributed by atoms with E-state index in [1.54, 1.807) is 36.4 Å². The van der Waals surface area contributed by atoms with Gasteiger partial charge in [0.1, 0.15) is 11.1 Å². The fraction of sp³-hybridized carbons (Fsp3) is 0.0435. The van der Waals surface area contributed by atoms with Crippen LogP contribution in [0.5, 0.6) is 0 Å². The zero-order chi connectivity index (χ0) is 18.8. The van der Waals surface area contributed by atoms with Gasteiger partial charge in [-0.2, -0.15) is 0 Å². The minimum Gasteiger partial charge on any atom is -0.455 e. The Morgan fingerprint density at radius 2 is 1.52 bits per heavy atom. The summed E-state index contributed by atoms with van der Waals surface area (Å²) in [5, 5.41) is 3.17. The van der Waals surface area contributed by atoms with Gasteiger partial charge in [-0.15, -0.1) is 0 Å². The molecule has 0 fully saturated rings. The highest BCUT2D eigenvalue weighted by molar-refractivity contribution is 6.09. The van der Waals surface area contributed by atoms with Crippen molar-refractivity contribution in [3.05, 3.63) is 100 Å². The molecule has 0 aliphatic rings. The number of nitrogens with one attached hydrogen (secondary N) is 1. The van der Waals surface area contributed by atoms with Crippen LogP contribution >= 0.6 is 0 Å². The van der Waals surface area contributed by atoms with Crippen LogP contribution in [0.4, 0.5) is 5.69 Å². The lowest BCUT2D eigenvalue weighted by atomic mass is 10.0. The smallest absolute Gasteiger partial charge is 0.263 e. The van der Waals surface area contributed by atoms with Crippen molar-refractivity contribution in [2.75, 3.05) is 5.32 Å². The number of hydrogen-bond donors (Lipinski definition) is 1. The third-order valence-corrected chi connectivity index (χ3v) is 4.37. The van der Waals surface area contributed by atoms with Crippen LogP contribution in [0, 0.1) is 6.92 Å². The molecule has 0 saturated carbocycles. The molecule has 0 aliphatic carbocycles. The van der Waals surface area contributed by atoms with Crippen LogP contribution in [-0.2, 0) is 0 Å². The topological polar surface area (TPSA) is 59.3 Å². The van der Waals surface area contributed by atoms with Crippen molar-refractivity contribution < 1.29 is 9.21 Å². The average molecular weight is 355 g/mol. The van der Waals surface area contributed by atoms with Crippen molar-refractivity contribution in [2.24, 2.45) is 0 Å². The molecule has 0 bridgehead atoms. The summed E-state index contributed by atoms with van der Waals surface area (Å²) >= 11 is 0. The first-order valence-corrected chi connectivity index (χ1v) is 8.63. The average Bonchev–Trinajstić information content (AvgIpc) is 2.69. The number of anilines is 1. The van der Waals surface area contributed by atoms with Gasteiger partial charge in [0.2, 0.25) is 5.43 Å². The van der Waals surface area contributed by atoms with Gasteiger partial charge in [0.05, 0.1) is 5.39 Å². The number of aryl methyl sites for hydroxylation is 1. The van der Waals surface area contributed by atoms with Gasteiger partial charge in [0.25, 0.3) is 5.91 Å². The predicted octanol–water partition coefficient (Wildman–Crippen LogP) is 5.02. The van der Waals surface area contributed by atoms with Crippen molar-refractivity contribution in [2.45, 2.75) is 6.92 Å². The molecule has 0 unspecified atom stereocenters. The second-order valence-electron chi connectivity index (χ2n) is 6.32. The van der Waals surface area contributed by atoms with Crippen LogP contribution in [0.25, 0.3) is 22.3 Å². The molecule has 3 aromatic carbocycles. The number of hydrogen-bond acceptors (Lipinski definition) is 3. The fourth-order valence-corrected chi connectivity index (χ4v) is 2.97. The van der Waals surface area contributed by atoms with E-state index in [9.17, 15) is 9.59 Å². The van der Waals surface area contributed by atoms with E-state index in [1.165, 1.54) is 0 Å². The molecule has 1 heterocycles. The second-order valence-corrected chi connectivity index (χ2v) is 6.32. The quantitative estimate of drug-likeness (QED) is 0.561. The molecule has 4 aromatic rings. The Morgan fingerprint density at radius 3 is 2.26 bits per heavy atom. The molecule has 0 spiro atoms. The van der Waals surface area contributed by atoms with E-state index >= 15 is 0 Å². The summed E-state index contributed by atoms with van der Waals surface area (Å²) in [5.74, 6) is -0.219. The first kappa shape index (κ1) is 16.8. The lowest BCUT2D eigenvalue weighted by Crippen LogP contribution is -2.22. The molecule has 1 aromatic heterocycles. The molecule has 0 aliphatic heterocycles. The molecule has 1 N–H and O–H groups in total. The Balaban J connectivity index is 1.92. The van der Waals surface area contributed by atoms with Crippen LogP contribution in [0.15, 0.2) is 88.1 Å². The molecule has 4 nitrogen and oxygen atoms in total. The minimum atomic E-state index is -0.490. The van der Waals surface area contributed by atoms with E-state index in [0.717, 1.165) is 5.56 Å². The van der Waals surface area contributed by atoms with E-state index < -0.39 is 5.91 Å². The molecular formula is C23H17NO3. The Labute approximate surface area is 156 Å². The summed E-state index contributed by atoms with van der Waals surface area (Å²) in [4.78, 5) is 26.1. The van der Waals surface area contributed by atoms with Crippen molar-refractivity contribution in [3.8, 4) is 11.3 Å². The summed E-state index contributed by atoms with van der Waals surface area (Å²) in [6, 6.07) is 23.5. The highest BCUT2D eigenvalue weighted by atomic mass is 16.3. The van der Waals surface area contributed by atoms with Crippen LogP contribution < -0.4 is 10.7 Å². The van der Waals surface area contributed by atoms with Crippen molar-refractivity contribution >= 4 is 22.6 Å². The number of carbonyl (C=O) groups excluding carboxylic acids is 1. The van der Waals surface area contributed by atoms with E-state index in [4.69, 9.17) is 4.42 Å². The van der Waals surface area contributed by atoms with Crippen LogP contribution in [0.2, 0.25) is 0 Å². The van der Waals surface area contributed by atoms with Crippen LogP contribution in [-0.4, -0.2) is 5.91 Å². The molecule has 132 valence electrons. The van der Waals surface area contributed by atoms with E-state index in [1.807, 2.05) is 49.4 Å². The molecule has 0 atom stereocenters. The molecule has 0 radical (unpaired) electrons. The van der Waals surface area contributed by atoms with Gasteiger partial charge in [-0.3, -0.25) is 9.59 Å². The standard InChI is InChI=1S/C23H17NO3/c1-15-11-13-16(14-12-15)22-20(23(26)24-17-7-3-2-4-8-17)21(25)18-9-5-6-10-19(18)27-22/h2-14H,1H3,(H,24,26). The van der Waals surface area contributed by atoms with E-state index in [2.05, 4.69) is 5.32 Å². The normalized spacial score (nSPS) is 10.7. The number of amides is 1. The lowest BCUT2D eigenvalue weighted by Gasteiger charge is -2.11. The number of rotatable bonds is 3. The van der Waals surface area contributed by atoms with Crippen molar-refractivity contribution in [3.63, 3.8) is 0 Å². The summed E-state index contributed by atoms with van der Waals surface area (Å²) in [7, 11) is 0. The maximum absolute atomic E-state index is 13.1. The number of fused-ring (bicyclic) bond motifs is 1. The summed E-state index contributed by atoms with van der Waals surface area (Å²) in [5.41, 5.74) is 2.49. The zero-order valence-electron chi connectivity index (χ0n) is 14.7. The first-order chi connectivity index (χ1) is 13.1. The SMILES string of the molecule is Cc1ccc(-c2oc3ccccc3c(=O)c2C(=O)Nc2ccccc2)cc1. The van der Waals surface area contributed by atoms with Crippen molar-refractivity contribution in [1.29, 1.82) is 0 Å². The number of benzene rings is 3. The molecular weight excluding hydrogens is 338 g/mol. The minimum absolute atomic E-state index is 0.00130. The van der Waals surface area contributed by atoms with E-state index in [-0.39, 0.29) is 16.8 Å². The third-order valence-electron chi connectivity index (χ3n) is 4.37. The van der Waals surface area contributed by atoms with Gasteiger partial charge in [-0.05, 0) is 31.2 Å². The number of para-hydroxylation sites is 2. The van der Waals surface area contributed by atoms with Gasteiger partial charge in [0.15, 0.2) is 5.76 Å². The monoisotopic (exact) mass is 355 g/mol. The highest BCUT2D eigenvalue weighted by Gasteiger charge is 2.22. The Hall–Kier alpha value is -3.66. The fourth-order valence-electron chi connectivity index (χ4n) is 2.97. The first-order valence-electron chi connectivity index (χ1n) is 8.63. The Bertz CT molecular complexity index is 1180. The lowest BCUT2D eigenvalue weighted by molar-refractivity contribution is 0.102. The van der Waals surface area contributed by atoms with Crippen LogP contribution in [0.1, 0.15) is 15.9 Å². The van der Waals surface area contributed by atoms with Gasteiger partial charge < -0.3 is 9.73 Å². The van der Waals surface area contributed by atoms with Gasteiger partial charge in [-0.1, -0.05) is 60.2 Å². The van der Waals surface area contributed by atoms with Crippen LogP contribution in [0.3, 0.4) is 0 Å². The summed E-state index contributed by atoms with van der Waals surface area (Å²) in [6.07, 6.45) is 0. The number of carbonyl (C=O) groups is 1. The molecule has 0 saturated heterocycles. The highest BCUT2D eigenvalue weighted by Crippen LogP contribution is 2.27. The maximum atomic E-state index is 13.1. The summed E-state index contributed by atoms with van der Waals surface area (Å²) < 4.78 is 6.00. The van der Waals surface area contributed by atoms with Gasteiger partial charge >= 0.3 is 0 Å². The molecule has 4 heteroatoms. The Morgan fingerprint density at radius 1 is 0.852 bits per heavy atom. The maximum Gasteiger partial charge on any atom is 0.263 e. The second kappa shape index (κ2) is 6.92. The third kappa shape index (κ3) is 3.25. The largest absolute Gasteiger partial charge is 0.455 e. The van der Waals surface area contributed by atoms with Gasteiger partial charge in [0, 0.05) is 11.3 Å². The zero-order valence-corrected chi connectivity index (χ0v) is 14.7. The van der Waals surface area contributed by atoms with E-state index in [0.29, 0.717) is 22.2 Å². The molecule has 1 amide bonds.